The van der Waals surface area contributed by atoms with Crippen LogP contribution in [0.3, 0.4) is 0 Å². The number of carbonyl (C=O) groups is 1. The van der Waals surface area contributed by atoms with Crippen LogP contribution in [0.4, 0.5) is 0 Å². The first kappa shape index (κ1) is 16.4. The molecule has 5 heteroatoms. The van der Waals surface area contributed by atoms with Gasteiger partial charge in [-0.3, -0.25) is 4.79 Å². The Kier molecular flexibility index (Phi) is 4.16. The van der Waals surface area contributed by atoms with Gasteiger partial charge in [0.15, 0.2) is 0 Å². The molecule has 5 rings (SSSR count). The van der Waals surface area contributed by atoms with E-state index in [1.807, 2.05) is 0 Å². The fourth-order valence-corrected chi connectivity index (χ4v) is 6.94. The van der Waals surface area contributed by atoms with Gasteiger partial charge in [-0.15, -0.1) is 23.2 Å². The van der Waals surface area contributed by atoms with Gasteiger partial charge in [0.2, 0.25) is 0 Å². The van der Waals surface area contributed by atoms with Gasteiger partial charge >= 0.3 is 0 Å². The molecule has 10 atom stereocenters. The van der Waals surface area contributed by atoms with Gasteiger partial charge < -0.3 is 9.47 Å². The van der Waals surface area contributed by atoms with Crippen LogP contribution in [0.25, 0.3) is 0 Å². The third-order valence-electron chi connectivity index (χ3n) is 7.42. The first-order valence-electron chi connectivity index (χ1n) is 9.76. The van der Waals surface area contributed by atoms with Crippen molar-refractivity contribution in [3.8, 4) is 0 Å². The quantitative estimate of drug-likeness (QED) is 0.604. The molecule has 0 aromatic rings. The summed E-state index contributed by atoms with van der Waals surface area (Å²) in [7, 11) is 0. The lowest BCUT2D eigenvalue weighted by molar-refractivity contribution is -0.260. The van der Waals surface area contributed by atoms with Gasteiger partial charge in [-0.05, 0) is 44.4 Å². The molecule has 10 unspecified atom stereocenters. The molecule has 24 heavy (non-hydrogen) atoms. The number of halogens is 2. The summed E-state index contributed by atoms with van der Waals surface area (Å²) in [5.41, 5.74) is 0. The van der Waals surface area contributed by atoms with Gasteiger partial charge in [0.25, 0.3) is 0 Å². The number of rotatable bonds is 0. The van der Waals surface area contributed by atoms with Crippen LogP contribution in [0, 0.1) is 23.7 Å². The average Bonchev–Trinajstić information content (AvgIpc) is 2.88. The van der Waals surface area contributed by atoms with Gasteiger partial charge in [-0.25, -0.2) is 0 Å². The maximum atomic E-state index is 12.9. The zero-order chi connectivity index (χ0) is 16.4. The molecule has 0 bridgehead atoms. The van der Waals surface area contributed by atoms with Crippen molar-refractivity contribution in [1.82, 2.24) is 0 Å². The first-order chi connectivity index (χ1) is 11.6. The Balaban J connectivity index is 1.40. The van der Waals surface area contributed by atoms with Crippen molar-refractivity contribution in [2.45, 2.75) is 86.5 Å². The van der Waals surface area contributed by atoms with Gasteiger partial charge in [-0.1, -0.05) is 12.8 Å². The zero-order valence-corrected chi connectivity index (χ0v) is 15.4. The van der Waals surface area contributed by atoms with E-state index in [0.29, 0.717) is 23.5 Å². The van der Waals surface area contributed by atoms with Crippen molar-refractivity contribution >= 4 is 29.0 Å². The van der Waals surface area contributed by atoms with Crippen LogP contribution in [-0.2, 0) is 14.3 Å². The van der Waals surface area contributed by atoms with Crippen LogP contribution >= 0.6 is 23.2 Å². The summed E-state index contributed by atoms with van der Waals surface area (Å²) >= 11 is 12.7. The number of hydrogen-bond donors (Lipinski definition) is 0. The SMILES string of the molecule is O=C1C2CCCCC2C2C1CCC1OC3CC(Cl)C(Cl)CC3OC12. The lowest BCUT2D eigenvalue weighted by Gasteiger charge is -2.51. The zero-order valence-electron chi connectivity index (χ0n) is 13.9. The van der Waals surface area contributed by atoms with Crippen LogP contribution in [-0.4, -0.2) is 41.0 Å². The Hall–Kier alpha value is 0.170. The normalized spacial score (nSPS) is 56.8. The molecule has 5 aliphatic rings. The van der Waals surface area contributed by atoms with Crippen molar-refractivity contribution in [3.05, 3.63) is 0 Å². The molecule has 3 nitrogen and oxygen atoms in total. The van der Waals surface area contributed by atoms with Gasteiger partial charge in [0.1, 0.15) is 5.78 Å². The average molecular weight is 373 g/mol. The van der Waals surface area contributed by atoms with Crippen molar-refractivity contribution in [3.63, 3.8) is 0 Å². The highest BCUT2D eigenvalue weighted by atomic mass is 35.5. The molecule has 0 aromatic heterocycles. The van der Waals surface area contributed by atoms with E-state index in [4.69, 9.17) is 32.7 Å². The molecule has 0 radical (unpaired) electrons. The fourth-order valence-electron chi connectivity index (χ4n) is 6.38. The molecule has 0 aromatic carbocycles. The summed E-state index contributed by atoms with van der Waals surface area (Å²) in [4.78, 5) is 12.9. The molecular weight excluding hydrogens is 347 g/mol. The van der Waals surface area contributed by atoms with E-state index in [2.05, 4.69) is 0 Å². The third kappa shape index (κ3) is 2.41. The Morgan fingerprint density at radius 3 is 2.29 bits per heavy atom. The highest BCUT2D eigenvalue weighted by molar-refractivity contribution is 6.30. The number of hydrogen-bond acceptors (Lipinski definition) is 3. The van der Waals surface area contributed by atoms with E-state index in [1.165, 1.54) is 19.3 Å². The predicted octanol–water partition coefficient (Wildman–Crippen LogP) is 3.93. The highest BCUT2D eigenvalue weighted by Crippen LogP contribution is 2.55. The monoisotopic (exact) mass is 372 g/mol. The molecule has 4 aliphatic carbocycles. The summed E-state index contributed by atoms with van der Waals surface area (Å²) in [6, 6.07) is 0. The molecule has 1 aliphatic heterocycles. The Morgan fingerprint density at radius 2 is 1.50 bits per heavy atom. The van der Waals surface area contributed by atoms with Crippen molar-refractivity contribution < 1.29 is 14.3 Å². The third-order valence-corrected chi connectivity index (χ3v) is 8.51. The molecule has 0 amide bonds. The van der Waals surface area contributed by atoms with E-state index in [-0.39, 0.29) is 41.1 Å². The largest absolute Gasteiger partial charge is 0.370 e. The van der Waals surface area contributed by atoms with Crippen LogP contribution in [0.5, 0.6) is 0 Å². The maximum Gasteiger partial charge on any atom is 0.139 e. The lowest BCUT2D eigenvalue weighted by Crippen LogP contribution is -2.59. The summed E-state index contributed by atoms with van der Waals surface area (Å²) in [5, 5.41) is -0.0692. The second kappa shape index (κ2) is 6.11. The van der Waals surface area contributed by atoms with Crippen molar-refractivity contribution in [2.24, 2.45) is 23.7 Å². The molecule has 134 valence electrons. The van der Waals surface area contributed by atoms with Crippen molar-refractivity contribution in [1.29, 1.82) is 0 Å². The minimum atomic E-state index is -0.0416. The van der Waals surface area contributed by atoms with E-state index >= 15 is 0 Å². The van der Waals surface area contributed by atoms with E-state index < -0.39 is 0 Å². The minimum absolute atomic E-state index is 0.0276. The smallest absolute Gasteiger partial charge is 0.139 e. The lowest BCUT2D eigenvalue weighted by atomic mass is 9.70. The number of ketones is 1. The second-order valence-electron chi connectivity index (χ2n) is 8.57. The van der Waals surface area contributed by atoms with Gasteiger partial charge in [-0.2, -0.15) is 0 Å². The van der Waals surface area contributed by atoms with E-state index in [0.717, 1.165) is 32.1 Å². The van der Waals surface area contributed by atoms with E-state index in [9.17, 15) is 4.79 Å². The summed E-state index contributed by atoms with van der Waals surface area (Å²) in [5.74, 6) is 1.96. The second-order valence-corrected chi connectivity index (χ2v) is 9.70. The standard InChI is InChI=1S/C19H26Cl2O3/c20-12-7-15-16(8-13(12)21)24-19-14(23-15)6-5-11-17(19)9-3-1-2-4-10(9)18(11)22/h9-17,19H,1-8H2. The Morgan fingerprint density at radius 1 is 0.792 bits per heavy atom. The molecule has 0 spiro atoms. The Labute approximate surface area is 153 Å². The fraction of sp³-hybridized carbons (Fsp3) is 0.947. The van der Waals surface area contributed by atoms with Crippen LogP contribution < -0.4 is 0 Å². The Bertz CT molecular complexity index is 527. The van der Waals surface area contributed by atoms with Gasteiger partial charge in [0.05, 0.1) is 35.2 Å². The first-order valence-corrected chi connectivity index (χ1v) is 10.6. The molecule has 1 saturated heterocycles. The summed E-state index contributed by atoms with van der Waals surface area (Å²) in [6.07, 6.45) is 8.64. The number of Topliss-reactive ketones (excluding diaryl/α,β-unsaturated/α-hetero) is 1. The predicted molar refractivity (Wildman–Crippen MR) is 92.5 cm³/mol. The van der Waals surface area contributed by atoms with Crippen LogP contribution in [0.1, 0.15) is 51.4 Å². The minimum Gasteiger partial charge on any atom is -0.370 e. The summed E-state index contributed by atoms with van der Waals surface area (Å²) < 4.78 is 13.1. The molecule has 1 heterocycles. The van der Waals surface area contributed by atoms with Crippen molar-refractivity contribution in [2.75, 3.05) is 0 Å². The molecular formula is C19H26Cl2O3. The number of carbonyl (C=O) groups excluding carboxylic acids is 1. The highest BCUT2D eigenvalue weighted by Gasteiger charge is 2.59. The number of ether oxygens (including phenoxy) is 2. The topological polar surface area (TPSA) is 35.5 Å². The summed E-state index contributed by atoms with van der Waals surface area (Å²) in [6.45, 7) is 0. The van der Waals surface area contributed by atoms with Crippen LogP contribution in [0.2, 0.25) is 0 Å². The molecule has 4 saturated carbocycles. The van der Waals surface area contributed by atoms with Crippen LogP contribution in [0.15, 0.2) is 0 Å². The molecule has 5 fully saturated rings. The van der Waals surface area contributed by atoms with E-state index in [1.54, 1.807) is 0 Å². The van der Waals surface area contributed by atoms with Gasteiger partial charge in [0, 0.05) is 17.8 Å². The number of alkyl halides is 2. The molecule has 0 N–H and O–H groups in total. The maximum absolute atomic E-state index is 12.9. The number of fused-ring (bicyclic) bond motifs is 6.